The Morgan fingerprint density at radius 1 is 1.40 bits per heavy atom. The minimum absolute atomic E-state index is 0.0806. The number of aliphatic hydroxyl groups is 1. The molecule has 0 aliphatic carbocycles. The van der Waals surface area contributed by atoms with Crippen molar-refractivity contribution in [3.8, 4) is 11.5 Å². The van der Waals surface area contributed by atoms with Crippen LogP contribution in [0.3, 0.4) is 0 Å². The molecule has 0 fully saturated rings. The number of hydrogen-bond acceptors (Lipinski definition) is 5. The summed E-state index contributed by atoms with van der Waals surface area (Å²) in [4.78, 5) is 14.0. The molecule has 1 atom stereocenters. The van der Waals surface area contributed by atoms with Crippen LogP contribution in [0.1, 0.15) is 18.7 Å². The standard InChI is InChI=1S/C13H11FN2O4/c1-8(17)11-4-3-10(7-15-11)20-13-5-2-9(14)6-12(13)16(18)19/h2-8,17H,1H3/t8-/m1/s1. The smallest absolute Gasteiger partial charge is 0.314 e. The minimum atomic E-state index is -0.726. The van der Waals surface area contributed by atoms with Gasteiger partial charge < -0.3 is 9.84 Å². The SMILES string of the molecule is C[C@@H](O)c1ccc(Oc2ccc(F)cc2[N+](=O)[O-])cn1. The summed E-state index contributed by atoms with van der Waals surface area (Å²) in [7, 11) is 0. The van der Waals surface area contributed by atoms with Gasteiger partial charge in [0.15, 0.2) is 0 Å². The highest BCUT2D eigenvalue weighted by molar-refractivity contribution is 5.48. The van der Waals surface area contributed by atoms with Gasteiger partial charge in [0.05, 0.1) is 29.0 Å². The van der Waals surface area contributed by atoms with E-state index in [2.05, 4.69) is 4.98 Å². The molecule has 20 heavy (non-hydrogen) atoms. The van der Waals surface area contributed by atoms with Gasteiger partial charge in [-0.15, -0.1) is 0 Å². The van der Waals surface area contributed by atoms with Crippen molar-refractivity contribution in [3.63, 3.8) is 0 Å². The van der Waals surface area contributed by atoms with Crippen molar-refractivity contribution in [1.29, 1.82) is 0 Å². The van der Waals surface area contributed by atoms with Gasteiger partial charge in [0.2, 0.25) is 5.75 Å². The Bertz CT molecular complexity index is 629. The van der Waals surface area contributed by atoms with E-state index in [1.54, 1.807) is 6.92 Å². The van der Waals surface area contributed by atoms with Crippen LogP contribution in [0.4, 0.5) is 10.1 Å². The molecule has 7 heteroatoms. The van der Waals surface area contributed by atoms with Gasteiger partial charge in [0, 0.05) is 0 Å². The van der Waals surface area contributed by atoms with E-state index < -0.39 is 22.5 Å². The molecule has 6 nitrogen and oxygen atoms in total. The molecule has 0 aliphatic rings. The Kier molecular flexibility index (Phi) is 3.90. The molecule has 0 saturated heterocycles. The average Bonchev–Trinajstić information content (AvgIpc) is 2.41. The maximum atomic E-state index is 13.0. The number of benzene rings is 1. The topological polar surface area (TPSA) is 85.5 Å². The number of nitro groups is 1. The first-order chi connectivity index (χ1) is 9.47. The van der Waals surface area contributed by atoms with Gasteiger partial charge in [-0.3, -0.25) is 15.1 Å². The van der Waals surface area contributed by atoms with E-state index in [1.807, 2.05) is 0 Å². The zero-order valence-electron chi connectivity index (χ0n) is 10.5. The molecule has 0 saturated carbocycles. The molecule has 0 bridgehead atoms. The lowest BCUT2D eigenvalue weighted by molar-refractivity contribution is -0.385. The number of pyridine rings is 1. The van der Waals surface area contributed by atoms with Crippen LogP contribution in [0.25, 0.3) is 0 Å². The first-order valence-electron chi connectivity index (χ1n) is 5.73. The summed E-state index contributed by atoms with van der Waals surface area (Å²) in [6, 6.07) is 6.08. The van der Waals surface area contributed by atoms with Crippen molar-refractivity contribution in [1.82, 2.24) is 4.98 Å². The summed E-state index contributed by atoms with van der Waals surface area (Å²) >= 11 is 0. The third kappa shape index (κ3) is 3.07. The summed E-state index contributed by atoms with van der Waals surface area (Å²) in [5.41, 5.74) is -0.0180. The van der Waals surface area contributed by atoms with Crippen molar-refractivity contribution in [3.05, 3.63) is 58.2 Å². The number of ether oxygens (including phenoxy) is 1. The summed E-state index contributed by atoms with van der Waals surface area (Å²) < 4.78 is 18.3. The Morgan fingerprint density at radius 2 is 2.15 bits per heavy atom. The Balaban J connectivity index is 2.28. The molecule has 0 amide bonds. The quantitative estimate of drug-likeness (QED) is 0.686. The fourth-order valence-corrected chi connectivity index (χ4v) is 1.55. The van der Waals surface area contributed by atoms with E-state index in [1.165, 1.54) is 24.4 Å². The first kappa shape index (κ1) is 13.9. The van der Waals surface area contributed by atoms with Gasteiger partial charge in [-0.25, -0.2) is 4.39 Å². The molecule has 0 aliphatic heterocycles. The maximum Gasteiger partial charge on any atom is 0.314 e. The molecule has 0 radical (unpaired) electrons. The van der Waals surface area contributed by atoms with Gasteiger partial charge in [-0.05, 0) is 31.2 Å². The molecule has 1 heterocycles. The second-order valence-electron chi connectivity index (χ2n) is 4.07. The van der Waals surface area contributed by atoms with Crippen molar-refractivity contribution >= 4 is 5.69 Å². The zero-order valence-corrected chi connectivity index (χ0v) is 10.5. The van der Waals surface area contributed by atoms with Gasteiger partial charge in [0.1, 0.15) is 11.6 Å². The van der Waals surface area contributed by atoms with E-state index in [-0.39, 0.29) is 11.5 Å². The number of rotatable bonds is 4. The highest BCUT2D eigenvalue weighted by atomic mass is 19.1. The van der Waals surface area contributed by atoms with E-state index in [0.717, 1.165) is 12.1 Å². The fourth-order valence-electron chi connectivity index (χ4n) is 1.55. The Hall–Kier alpha value is -2.54. The number of aliphatic hydroxyl groups excluding tert-OH is 1. The van der Waals surface area contributed by atoms with Crippen LogP contribution in [0.2, 0.25) is 0 Å². The predicted octanol–water partition coefficient (Wildman–Crippen LogP) is 2.97. The van der Waals surface area contributed by atoms with Crippen molar-refractivity contribution in [2.75, 3.05) is 0 Å². The van der Waals surface area contributed by atoms with Gasteiger partial charge in [0.25, 0.3) is 0 Å². The van der Waals surface area contributed by atoms with E-state index in [9.17, 15) is 19.6 Å². The van der Waals surface area contributed by atoms with Crippen LogP contribution in [-0.4, -0.2) is 15.0 Å². The van der Waals surface area contributed by atoms with Crippen molar-refractivity contribution in [2.24, 2.45) is 0 Å². The van der Waals surface area contributed by atoms with Crippen LogP contribution in [-0.2, 0) is 0 Å². The predicted molar refractivity (Wildman–Crippen MR) is 68.0 cm³/mol. The molecule has 2 aromatic rings. The number of hydrogen-bond donors (Lipinski definition) is 1. The third-order valence-electron chi connectivity index (χ3n) is 2.53. The molecule has 2 rings (SSSR count). The highest BCUT2D eigenvalue weighted by Gasteiger charge is 2.17. The molecular weight excluding hydrogens is 267 g/mol. The summed E-state index contributed by atoms with van der Waals surface area (Å²) in [6.07, 6.45) is 0.610. The number of halogens is 1. The second kappa shape index (κ2) is 5.62. The summed E-state index contributed by atoms with van der Waals surface area (Å²) in [6.45, 7) is 1.56. The third-order valence-corrected chi connectivity index (χ3v) is 2.53. The van der Waals surface area contributed by atoms with Crippen molar-refractivity contribution in [2.45, 2.75) is 13.0 Å². The summed E-state index contributed by atoms with van der Waals surface area (Å²) in [5.74, 6) is -0.543. The molecule has 0 unspecified atom stereocenters. The Labute approximate surface area is 113 Å². The largest absolute Gasteiger partial charge is 0.449 e. The number of nitro benzene ring substituents is 1. The van der Waals surface area contributed by atoms with E-state index in [0.29, 0.717) is 5.69 Å². The molecular formula is C13H11FN2O4. The molecule has 104 valence electrons. The first-order valence-corrected chi connectivity index (χ1v) is 5.73. The van der Waals surface area contributed by atoms with Gasteiger partial charge in [-0.1, -0.05) is 0 Å². The molecule has 1 aromatic carbocycles. The highest BCUT2D eigenvalue weighted by Crippen LogP contribution is 2.31. The minimum Gasteiger partial charge on any atom is -0.449 e. The maximum absolute atomic E-state index is 13.0. The lowest BCUT2D eigenvalue weighted by Crippen LogP contribution is -1.97. The van der Waals surface area contributed by atoms with Gasteiger partial charge in [-0.2, -0.15) is 0 Å². The van der Waals surface area contributed by atoms with Crippen LogP contribution >= 0.6 is 0 Å². The van der Waals surface area contributed by atoms with Crippen molar-refractivity contribution < 1.29 is 19.2 Å². The monoisotopic (exact) mass is 278 g/mol. The lowest BCUT2D eigenvalue weighted by Gasteiger charge is -2.07. The molecule has 0 spiro atoms. The van der Waals surface area contributed by atoms with Gasteiger partial charge >= 0.3 is 5.69 Å². The molecule has 1 aromatic heterocycles. The Morgan fingerprint density at radius 3 is 2.70 bits per heavy atom. The zero-order chi connectivity index (χ0) is 14.7. The van der Waals surface area contributed by atoms with Crippen LogP contribution < -0.4 is 4.74 Å². The normalized spacial score (nSPS) is 11.9. The average molecular weight is 278 g/mol. The van der Waals surface area contributed by atoms with Crippen LogP contribution in [0.15, 0.2) is 36.5 Å². The summed E-state index contributed by atoms with van der Waals surface area (Å²) in [5, 5.41) is 20.1. The van der Waals surface area contributed by atoms with E-state index >= 15 is 0 Å². The van der Waals surface area contributed by atoms with Crippen LogP contribution in [0.5, 0.6) is 11.5 Å². The van der Waals surface area contributed by atoms with Crippen LogP contribution in [0, 0.1) is 15.9 Å². The molecule has 1 N–H and O–H groups in total. The number of nitrogens with zero attached hydrogens (tertiary/aromatic N) is 2. The number of aromatic nitrogens is 1. The fraction of sp³-hybridized carbons (Fsp3) is 0.154. The second-order valence-corrected chi connectivity index (χ2v) is 4.07. The van der Waals surface area contributed by atoms with E-state index in [4.69, 9.17) is 4.74 Å². The lowest BCUT2D eigenvalue weighted by atomic mass is 10.2.